The van der Waals surface area contributed by atoms with E-state index in [0.717, 1.165) is 11.4 Å². The zero-order valence-corrected chi connectivity index (χ0v) is 11.2. The maximum Gasteiger partial charge on any atom is 0.238 e. The molecule has 0 saturated carbocycles. The standard InChI is InChI=1S/C13H19N3O3/c1-10(17)15-8-7-14-9-13(18)16-11-3-5-12(19-2)6-4-11/h3-6,14H,7-9H2,1-2H3,(H,15,17)(H,16,18). The first-order chi connectivity index (χ1) is 9.11. The Morgan fingerprint density at radius 1 is 1.16 bits per heavy atom. The highest BCUT2D eigenvalue weighted by molar-refractivity contribution is 5.92. The lowest BCUT2D eigenvalue weighted by Crippen LogP contribution is -2.34. The first kappa shape index (κ1) is 15.0. The fourth-order valence-corrected chi connectivity index (χ4v) is 1.41. The summed E-state index contributed by atoms with van der Waals surface area (Å²) in [6.07, 6.45) is 0. The van der Waals surface area contributed by atoms with E-state index >= 15 is 0 Å². The van der Waals surface area contributed by atoms with Gasteiger partial charge in [-0.15, -0.1) is 0 Å². The van der Waals surface area contributed by atoms with E-state index in [2.05, 4.69) is 16.0 Å². The van der Waals surface area contributed by atoms with Crippen molar-refractivity contribution in [3.63, 3.8) is 0 Å². The molecule has 0 aliphatic rings. The Labute approximate surface area is 112 Å². The molecule has 0 aromatic heterocycles. The monoisotopic (exact) mass is 265 g/mol. The summed E-state index contributed by atoms with van der Waals surface area (Å²) in [5.41, 5.74) is 0.717. The number of benzene rings is 1. The number of anilines is 1. The molecular weight excluding hydrogens is 246 g/mol. The number of carbonyl (C=O) groups is 2. The van der Waals surface area contributed by atoms with Crippen molar-refractivity contribution < 1.29 is 14.3 Å². The van der Waals surface area contributed by atoms with Gasteiger partial charge in [0.1, 0.15) is 5.75 Å². The van der Waals surface area contributed by atoms with Crippen LogP contribution in [0, 0.1) is 0 Å². The number of amides is 2. The Morgan fingerprint density at radius 2 is 1.84 bits per heavy atom. The molecule has 19 heavy (non-hydrogen) atoms. The molecule has 0 aliphatic carbocycles. The van der Waals surface area contributed by atoms with Crippen molar-refractivity contribution in [3.8, 4) is 5.75 Å². The van der Waals surface area contributed by atoms with Crippen molar-refractivity contribution in [2.75, 3.05) is 32.1 Å². The topological polar surface area (TPSA) is 79.5 Å². The van der Waals surface area contributed by atoms with Crippen LogP contribution in [0.5, 0.6) is 5.75 Å². The predicted molar refractivity (Wildman–Crippen MR) is 73.2 cm³/mol. The average molecular weight is 265 g/mol. The van der Waals surface area contributed by atoms with Gasteiger partial charge in [-0.25, -0.2) is 0 Å². The fourth-order valence-electron chi connectivity index (χ4n) is 1.41. The second kappa shape index (κ2) is 8.10. The Hall–Kier alpha value is -2.08. The molecule has 0 fully saturated rings. The number of hydrogen-bond acceptors (Lipinski definition) is 4. The van der Waals surface area contributed by atoms with Gasteiger partial charge in [0.05, 0.1) is 13.7 Å². The number of rotatable bonds is 7. The van der Waals surface area contributed by atoms with Gasteiger partial charge in [-0.3, -0.25) is 9.59 Å². The van der Waals surface area contributed by atoms with Crippen molar-refractivity contribution in [1.82, 2.24) is 10.6 Å². The molecule has 1 rings (SSSR count). The highest BCUT2D eigenvalue weighted by Gasteiger charge is 2.01. The highest BCUT2D eigenvalue weighted by Crippen LogP contribution is 2.14. The summed E-state index contributed by atoms with van der Waals surface area (Å²) in [5, 5.41) is 8.32. The molecule has 0 saturated heterocycles. The minimum Gasteiger partial charge on any atom is -0.497 e. The Bertz CT molecular complexity index is 418. The SMILES string of the molecule is COc1ccc(NC(=O)CNCCNC(C)=O)cc1. The molecule has 0 bridgehead atoms. The number of hydrogen-bond donors (Lipinski definition) is 3. The summed E-state index contributed by atoms with van der Waals surface area (Å²) in [5.74, 6) is 0.531. The van der Waals surface area contributed by atoms with Gasteiger partial charge >= 0.3 is 0 Å². The Kier molecular flexibility index (Phi) is 6.38. The summed E-state index contributed by atoms with van der Waals surface area (Å²) in [7, 11) is 1.59. The molecule has 104 valence electrons. The third-order valence-corrected chi connectivity index (χ3v) is 2.34. The molecule has 6 nitrogen and oxygen atoms in total. The van der Waals surface area contributed by atoms with Crippen LogP contribution in [0.4, 0.5) is 5.69 Å². The minimum absolute atomic E-state index is 0.0792. The Balaban J connectivity index is 2.21. The van der Waals surface area contributed by atoms with Gasteiger partial charge in [0.2, 0.25) is 11.8 Å². The highest BCUT2D eigenvalue weighted by atomic mass is 16.5. The minimum atomic E-state index is -0.131. The quantitative estimate of drug-likeness (QED) is 0.622. The van der Waals surface area contributed by atoms with Crippen molar-refractivity contribution in [1.29, 1.82) is 0 Å². The zero-order chi connectivity index (χ0) is 14.1. The van der Waals surface area contributed by atoms with Crippen LogP contribution >= 0.6 is 0 Å². The van der Waals surface area contributed by atoms with E-state index in [1.807, 2.05) is 0 Å². The van der Waals surface area contributed by atoms with Crippen LogP contribution < -0.4 is 20.7 Å². The van der Waals surface area contributed by atoms with Gasteiger partial charge < -0.3 is 20.7 Å². The van der Waals surface area contributed by atoms with Crippen LogP contribution in [0.25, 0.3) is 0 Å². The molecule has 0 aliphatic heterocycles. The number of carbonyl (C=O) groups excluding carboxylic acids is 2. The van der Waals surface area contributed by atoms with E-state index < -0.39 is 0 Å². The van der Waals surface area contributed by atoms with Gasteiger partial charge in [0.15, 0.2) is 0 Å². The smallest absolute Gasteiger partial charge is 0.238 e. The predicted octanol–water partition coefficient (Wildman–Crippen LogP) is 0.359. The number of ether oxygens (including phenoxy) is 1. The van der Waals surface area contributed by atoms with Crippen LogP contribution in [0.1, 0.15) is 6.92 Å². The van der Waals surface area contributed by atoms with E-state index in [9.17, 15) is 9.59 Å². The van der Waals surface area contributed by atoms with Crippen LogP contribution in [-0.2, 0) is 9.59 Å². The van der Waals surface area contributed by atoms with Gasteiger partial charge in [-0.2, -0.15) is 0 Å². The van der Waals surface area contributed by atoms with Crippen LogP contribution in [0.2, 0.25) is 0 Å². The van der Waals surface area contributed by atoms with E-state index in [-0.39, 0.29) is 18.4 Å². The summed E-state index contributed by atoms with van der Waals surface area (Å²) in [6.45, 7) is 2.71. The first-order valence-corrected chi connectivity index (χ1v) is 6.01. The third kappa shape index (κ3) is 6.42. The lowest BCUT2D eigenvalue weighted by atomic mass is 10.3. The van der Waals surface area contributed by atoms with Crippen molar-refractivity contribution >= 4 is 17.5 Å². The fraction of sp³-hybridized carbons (Fsp3) is 0.385. The summed E-state index contributed by atoms with van der Waals surface area (Å²) in [4.78, 5) is 22.2. The largest absolute Gasteiger partial charge is 0.497 e. The van der Waals surface area contributed by atoms with Gasteiger partial charge in [-0.05, 0) is 24.3 Å². The number of methoxy groups -OCH3 is 1. The summed E-state index contributed by atoms with van der Waals surface area (Å²) >= 11 is 0. The second-order valence-corrected chi connectivity index (χ2v) is 3.94. The van der Waals surface area contributed by atoms with Gasteiger partial charge in [-0.1, -0.05) is 0 Å². The molecule has 1 aromatic carbocycles. The van der Waals surface area contributed by atoms with Crippen molar-refractivity contribution in [3.05, 3.63) is 24.3 Å². The maximum atomic E-state index is 11.6. The lowest BCUT2D eigenvalue weighted by Gasteiger charge is -2.07. The van der Waals surface area contributed by atoms with E-state index in [4.69, 9.17) is 4.74 Å². The molecule has 0 atom stereocenters. The second-order valence-electron chi connectivity index (χ2n) is 3.94. The van der Waals surface area contributed by atoms with E-state index in [0.29, 0.717) is 13.1 Å². The number of nitrogens with one attached hydrogen (secondary N) is 3. The maximum absolute atomic E-state index is 11.6. The van der Waals surface area contributed by atoms with Crippen LogP contribution in [-0.4, -0.2) is 38.6 Å². The molecule has 2 amide bonds. The Morgan fingerprint density at radius 3 is 2.42 bits per heavy atom. The van der Waals surface area contributed by atoms with Crippen LogP contribution in [0.15, 0.2) is 24.3 Å². The molecule has 0 unspecified atom stereocenters. The van der Waals surface area contributed by atoms with Crippen LogP contribution in [0.3, 0.4) is 0 Å². The first-order valence-electron chi connectivity index (χ1n) is 6.01. The average Bonchev–Trinajstić information content (AvgIpc) is 2.39. The molecule has 3 N–H and O–H groups in total. The van der Waals surface area contributed by atoms with Gasteiger partial charge in [0.25, 0.3) is 0 Å². The molecule has 0 heterocycles. The molecule has 6 heteroatoms. The van der Waals surface area contributed by atoms with Gasteiger partial charge in [0, 0.05) is 25.7 Å². The molecular formula is C13H19N3O3. The van der Waals surface area contributed by atoms with E-state index in [1.165, 1.54) is 6.92 Å². The van der Waals surface area contributed by atoms with Crippen molar-refractivity contribution in [2.24, 2.45) is 0 Å². The molecule has 0 radical (unpaired) electrons. The lowest BCUT2D eigenvalue weighted by molar-refractivity contribution is -0.118. The molecule has 0 spiro atoms. The third-order valence-electron chi connectivity index (χ3n) is 2.34. The summed E-state index contributed by atoms with van der Waals surface area (Å²) in [6, 6.07) is 7.10. The van der Waals surface area contributed by atoms with Crippen molar-refractivity contribution in [2.45, 2.75) is 6.92 Å². The molecule has 1 aromatic rings. The van der Waals surface area contributed by atoms with E-state index in [1.54, 1.807) is 31.4 Å². The summed E-state index contributed by atoms with van der Waals surface area (Å²) < 4.78 is 5.03. The zero-order valence-electron chi connectivity index (χ0n) is 11.2. The normalized spacial score (nSPS) is 9.79.